The van der Waals surface area contributed by atoms with Gasteiger partial charge in [-0.05, 0) is 47.7 Å². The molecule has 0 unspecified atom stereocenters. The van der Waals surface area contributed by atoms with E-state index in [4.69, 9.17) is 14.2 Å². The number of aryl methyl sites for hydroxylation is 1. The first kappa shape index (κ1) is 21.5. The number of hydrogen-bond acceptors (Lipinski definition) is 5. The Bertz CT molecular complexity index is 1130. The smallest absolute Gasteiger partial charge is 0.342 e. The Balaban J connectivity index is 1.89. The van der Waals surface area contributed by atoms with Gasteiger partial charge in [0, 0.05) is 31.9 Å². The van der Waals surface area contributed by atoms with E-state index in [1.54, 1.807) is 30.7 Å². The Hall–Kier alpha value is -3.19. The lowest BCUT2D eigenvalue weighted by Gasteiger charge is -2.29. The summed E-state index contributed by atoms with van der Waals surface area (Å²) in [5, 5.41) is 0.896. The van der Waals surface area contributed by atoms with E-state index in [1.165, 1.54) is 32.4 Å². The minimum atomic E-state index is -1.41. The molecule has 0 radical (unpaired) electrons. The molecule has 30 heavy (non-hydrogen) atoms. The van der Waals surface area contributed by atoms with Gasteiger partial charge in [0.15, 0.2) is 5.60 Å². The number of carbonyl (C=O) groups is 1. The number of pyridine rings is 1. The van der Waals surface area contributed by atoms with E-state index in [0.717, 1.165) is 16.5 Å². The Morgan fingerprint density at radius 2 is 1.87 bits per heavy atom. The van der Waals surface area contributed by atoms with Gasteiger partial charge in [-0.15, -0.1) is 0 Å². The summed E-state index contributed by atoms with van der Waals surface area (Å²) in [5.41, 5.74) is 0.492. The molecule has 6 nitrogen and oxygen atoms in total. The molecule has 1 aromatic heterocycles. The van der Waals surface area contributed by atoms with Crippen molar-refractivity contribution < 1.29 is 23.4 Å². The molecule has 0 aliphatic heterocycles. The second-order valence-electron chi connectivity index (χ2n) is 6.96. The van der Waals surface area contributed by atoms with Gasteiger partial charge >= 0.3 is 5.97 Å². The fourth-order valence-electron chi connectivity index (χ4n) is 3.55. The van der Waals surface area contributed by atoms with Crippen LogP contribution < -0.4 is 10.3 Å². The summed E-state index contributed by atoms with van der Waals surface area (Å²) in [5.74, 6) is -0.886. The van der Waals surface area contributed by atoms with Crippen molar-refractivity contribution in [2.24, 2.45) is 7.05 Å². The summed E-state index contributed by atoms with van der Waals surface area (Å²) in [7, 11) is 4.36. The van der Waals surface area contributed by atoms with E-state index in [2.05, 4.69) is 0 Å². The van der Waals surface area contributed by atoms with Crippen molar-refractivity contribution in [3.8, 4) is 5.75 Å². The van der Waals surface area contributed by atoms with Crippen molar-refractivity contribution in [2.45, 2.75) is 25.6 Å². The van der Waals surface area contributed by atoms with Gasteiger partial charge < -0.3 is 18.8 Å². The molecule has 2 aromatic carbocycles. The molecule has 0 spiro atoms. The minimum absolute atomic E-state index is 0.0815. The average Bonchev–Trinajstić information content (AvgIpc) is 2.75. The number of hydrogen-bond donors (Lipinski definition) is 0. The first-order chi connectivity index (χ1) is 14.3. The van der Waals surface area contributed by atoms with Crippen LogP contribution in [-0.4, -0.2) is 24.8 Å². The van der Waals surface area contributed by atoms with Crippen LogP contribution in [0, 0.1) is 5.82 Å². The van der Waals surface area contributed by atoms with Gasteiger partial charge in [-0.2, -0.15) is 0 Å². The molecule has 1 atom stereocenters. The number of ether oxygens (including phenoxy) is 3. The van der Waals surface area contributed by atoms with Crippen molar-refractivity contribution in [2.75, 3.05) is 14.2 Å². The Labute approximate surface area is 173 Å². The molecule has 0 N–H and O–H groups in total. The quantitative estimate of drug-likeness (QED) is 0.553. The van der Waals surface area contributed by atoms with Gasteiger partial charge in [-0.25, -0.2) is 9.18 Å². The van der Waals surface area contributed by atoms with E-state index < -0.39 is 17.4 Å². The molecule has 0 aliphatic carbocycles. The van der Waals surface area contributed by atoms with Crippen LogP contribution in [0.4, 0.5) is 4.39 Å². The molecule has 3 aromatic rings. The Morgan fingerprint density at radius 3 is 2.53 bits per heavy atom. The summed E-state index contributed by atoms with van der Waals surface area (Å²) in [6, 6.07) is 12.9. The van der Waals surface area contributed by atoms with Crippen molar-refractivity contribution in [3.63, 3.8) is 0 Å². The van der Waals surface area contributed by atoms with Crippen LogP contribution in [0.2, 0.25) is 0 Å². The van der Waals surface area contributed by atoms with Gasteiger partial charge in [0.25, 0.3) is 5.56 Å². The lowest BCUT2D eigenvalue weighted by Crippen LogP contribution is -2.38. The maximum absolute atomic E-state index is 14.3. The summed E-state index contributed by atoms with van der Waals surface area (Å²) in [6.45, 7) is 1.94. The monoisotopic (exact) mass is 413 g/mol. The molecular weight excluding hydrogens is 389 g/mol. The fraction of sp³-hybridized carbons (Fsp3) is 0.304. The van der Waals surface area contributed by atoms with Gasteiger partial charge in [0.1, 0.15) is 18.2 Å². The van der Waals surface area contributed by atoms with Gasteiger partial charge in [-0.3, -0.25) is 4.79 Å². The topological polar surface area (TPSA) is 66.8 Å². The molecular formula is C23H24FNO5. The van der Waals surface area contributed by atoms with Gasteiger partial charge in [0.2, 0.25) is 0 Å². The molecule has 158 valence electrons. The number of halogens is 1. The number of methoxy groups -OCH3 is 2. The molecule has 3 rings (SSSR count). The summed E-state index contributed by atoms with van der Waals surface area (Å²) in [4.78, 5) is 24.1. The van der Waals surface area contributed by atoms with Crippen molar-refractivity contribution in [1.29, 1.82) is 0 Å². The highest BCUT2D eigenvalue weighted by Crippen LogP contribution is 2.33. The highest BCUT2D eigenvalue weighted by molar-refractivity contribution is 5.81. The third-order valence-electron chi connectivity index (χ3n) is 5.29. The van der Waals surface area contributed by atoms with Gasteiger partial charge in [-0.1, -0.05) is 13.0 Å². The molecule has 0 bridgehead atoms. The molecule has 0 aliphatic rings. The summed E-state index contributed by atoms with van der Waals surface area (Å²) in [6.07, 6.45) is 0.266. The number of nitrogens with zero attached hydrogens (tertiary/aromatic N) is 1. The predicted octanol–water partition coefficient (Wildman–Crippen LogP) is 3.68. The van der Waals surface area contributed by atoms with Crippen LogP contribution in [0.5, 0.6) is 5.75 Å². The van der Waals surface area contributed by atoms with Crippen LogP contribution in [-0.2, 0) is 33.5 Å². The highest BCUT2D eigenvalue weighted by Gasteiger charge is 2.40. The Morgan fingerprint density at radius 1 is 1.10 bits per heavy atom. The van der Waals surface area contributed by atoms with E-state index in [-0.39, 0.29) is 24.3 Å². The average molecular weight is 413 g/mol. The summed E-state index contributed by atoms with van der Waals surface area (Å²) < 4.78 is 32.0. The minimum Gasteiger partial charge on any atom is -0.489 e. The van der Waals surface area contributed by atoms with Crippen LogP contribution in [0.3, 0.4) is 0 Å². The predicted molar refractivity (Wildman–Crippen MR) is 111 cm³/mol. The second kappa shape index (κ2) is 8.67. The van der Waals surface area contributed by atoms with Crippen molar-refractivity contribution in [3.05, 3.63) is 75.8 Å². The Kier molecular flexibility index (Phi) is 6.22. The molecule has 0 amide bonds. The molecule has 1 heterocycles. The number of carbonyl (C=O) groups excluding carboxylic acids is 1. The van der Waals surface area contributed by atoms with Crippen molar-refractivity contribution >= 4 is 16.9 Å². The zero-order valence-electron chi connectivity index (χ0n) is 17.4. The third-order valence-corrected chi connectivity index (χ3v) is 5.29. The first-order valence-corrected chi connectivity index (χ1v) is 9.50. The molecule has 7 heteroatoms. The molecule has 0 saturated carbocycles. The van der Waals surface area contributed by atoms with Crippen LogP contribution in [0.15, 0.2) is 53.3 Å². The van der Waals surface area contributed by atoms with E-state index >= 15 is 0 Å². The van der Waals surface area contributed by atoms with Crippen LogP contribution >= 0.6 is 0 Å². The SMILES string of the molecule is CC[C@@](OC)(C(=O)OC)c1cc(F)cc(OCc2ccc3c(ccc(=O)n3C)c2)c1. The van der Waals surface area contributed by atoms with Gasteiger partial charge in [0.05, 0.1) is 12.6 Å². The number of rotatable bonds is 7. The maximum atomic E-state index is 14.3. The number of benzene rings is 2. The molecule has 0 fully saturated rings. The van der Waals surface area contributed by atoms with E-state index in [0.29, 0.717) is 5.56 Å². The van der Waals surface area contributed by atoms with Crippen LogP contribution in [0.1, 0.15) is 24.5 Å². The lowest BCUT2D eigenvalue weighted by atomic mass is 9.90. The van der Waals surface area contributed by atoms with Crippen molar-refractivity contribution in [1.82, 2.24) is 4.57 Å². The number of aromatic nitrogens is 1. The highest BCUT2D eigenvalue weighted by atomic mass is 19.1. The third kappa shape index (κ3) is 3.93. The largest absolute Gasteiger partial charge is 0.489 e. The standard InChI is InChI=1S/C23H24FNO5/c1-5-23(29-4,22(27)28-3)17-11-18(24)13-19(12-17)30-14-15-6-8-20-16(10-15)7-9-21(26)25(20)2/h6-13H,5,14H2,1-4H3/t23-/m0/s1. The fourth-order valence-corrected chi connectivity index (χ4v) is 3.55. The zero-order chi connectivity index (χ0) is 21.9. The van der Waals surface area contributed by atoms with E-state index in [9.17, 15) is 14.0 Å². The number of esters is 1. The summed E-state index contributed by atoms with van der Waals surface area (Å²) >= 11 is 0. The normalized spacial score (nSPS) is 13.1. The van der Waals surface area contributed by atoms with Crippen LogP contribution in [0.25, 0.3) is 10.9 Å². The number of fused-ring (bicyclic) bond motifs is 1. The zero-order valence-corrected chi connectivity index (χ0v) is 17.4. The van der Waals surface area contributed by atoms with E-state index in [1.807, 2.05) is 18.2 Å². The maximum Gasteiger partial charge on any atom is 0.342 e. The first-order valence-electron chi connectivity index (χ1n) is 9.50. The molecule has 0 saturated heterocycles. The lowest BCUT2D eigenvalue weighted by molar-refractivity contribution is -0.168. The second-order valence-corrected chi connectivity index (χ2v) is 6.96.